The molecule has 4 nitrogen and oxygen atoms in total. The molecule has 1 aromatic rings. The van der Waals surface area contributed by atoms with Gasteiger partial charge in [-0.05, 0) is 17.8 Å². The Labute approximate surface area is 96.1 Å². The normalized spacial score (nSPS) is 26.8. The van der Waals surface area contributed by atoms with Crippen LogP contribution in [0, 0.1) is 11.3 Å². The molecule has 0 aromatic carbocycles. The monoisotopic (exact) mass is 224 g/mol. The fraction of sp³-hybridized carbons (Fsp3) is 0.833. The minimum Gasteiger partial charge on any atom is -0.392 e. The van der Waals surface area contributed by atoms with Crippen molar-refractivity contribution in [3.05, 3.63) is 11.7 Å². The summed E-state index contributed by atoms with van der Waals surface area (Å²) in [5.74, 6) is 2.52. The van der Waals surface area contributed by atoms with Gasteiger partial charge in [-0.3, -0.25) is 0 Å². The van der Waals surface area contributed by atoms with Crippen molar-refractivity contribution in [1.82, 2.24) is 10.1 Å². The van der Waals surface area contributed by atoms with Crippen LogP contribution in [0.15, 0.2) is 4.52 Å². The summed E-state index contributed by atoms with van der Waals surface area (Å²) in [5.41, 5.74) is -0.151. The van der Waals surface area contributed by atoms with Crippen LogP contribution in [0.5, 0.6) is 0 Å². The molecule has 1 heterocycles. The van der Waals surface area contributed by atoms with E-state index in [1.54, 1.807) is 0 Å². The van der Waals surface area contributed by atoms with Crippen LogP contribution in [-0.4, -0.2) is 21.4 Å². The van der Waals surface area contributed by atoms with Gasteiger partial charge in [0.25, 0.3) is 0 Å². The Morgan fingerprint density at radius 1 is 1.50 bits per heavy atom. The van der Waals surface area contributed by atoms with Gasteiger partial charge in [0, 0.05) is 5.92 Å². The SMILES string of the molecule is CC1CC1c1noc(CC(O)C(C)(C)C)n1. The van der Waals surface area contributed by atoms with Crippen molar-refractivity contribution >= 4 is 0 Å². The lowest BCUT2D eigenvalue weighted by atomic mass is 9.87. The summed E-state index contributed by atoms with van der Waals surface area (Å²) in [7, 11) is 0. The second-order valence-corrected chi connectivity index (χ2v) is 5.95. The minimum atomic E-state index is -0.447. The van der Waals surface area contributed by atoms with Crippen LogP contribution in [0.3, 0.4) is 0 Å². The molecule has 1 aromatic heterocycles. The smallest absolute Gasteiger partial charge is 0.229 e. The van der Waals surface area contributed by atoms with Gasteiger partial charge in [0.15, 0.2) is 5.82 Å². The summed E-state index contributed by atoms with van der Waals surface area (Å²) in [6, 6.07) is 0. The zero-order chi connectivity index (χ0) is 11.9. The first kappa shape index (κ1) is 11.6. The maximum Gasteiger partial charge on any atom is 0.229 e. The van der Waals surface area contributed by atoms with E-state index in [1.807, 2.05) is 20.8 Å². The highest BCUT2D eigenvalue weighted by Gasteiger charge is 2.38. The number of aliphatic hydroxyl groups excluding tert-OH is 1. The molecule has 3 unspecified atom stereocenters. The molecule has 0 bridgehead atoms. The summed E-state index contributed by atoms with van der Waals surface area (Å²) in [5, 5.41) is 13.9. The molecule has 0 saturated heterocycles. The topological polar surface area (TPSA) is 59.2 Å². The largest absolute Gasteiger partial charge is 0.392 e. The average Bonchev–Trinajstić information content (AvgIpc) is 2.72. The van der Waals surface area contributed by atoms with Gasteiger partial charge < -0.3 is 9.63 Å². The summed E-state index contributed by atoms with van der Waals surface area (Å²) in [6.45, 7) is 8.18. The maximum absolute atomic E-state index is 9.93. The molecule has 1 saturated carbocycles. The third kappa shape index (κ3) is 2.43. The van der Waals surface area contributed by atoms with Crippen LogP contribution in [0.4, 0.5) is 0 Å². The Hall–Kier alpha value is -0.900. The molecule has 1 fully saturated rings. The van der Waals surface area contributed by atoms with E-state index in [2.05, 4.69) is 17.1 Å². The predicted molar refractivity (Wildman–Crippen MR) is 60.0 cm³/mol. The number of nitrogens with zero attached hydrogens (tertiary/aromatic N) is 2. The van der Waals surface area contributed by atoms with E-state index in [1.165, 1.54) is 0 Å². The quantitative estimate of drug-likeness (QED) is 0.854. The molecule has 1 aliphatic carbocycles. The first-order chi connectivity index (χ1) is 7.38. The molecule has 2 rings (SSSR count). The molecular formula is C12H20N2O2. The van der Waals surface area contributed by atoms with Gasteiger partial charge >= 0.3 is 0 Å². The Morgan fingerprint density at radius 3 is 2.62 bits per heavy atom. The highest BCUT2D eigenvalue weighted by Crippen LogP contribution is 2.45. The summed E-state index contributed by atoms with van der Waals surface area (Å²) >= 11 is 0. The minimum absolute atomic E-state index is 0.151. The van der Waals surface area contributed by atoms with Gasteiger partial charge in [0.05, 0.1) is 12.5 Å². The van der Waals surface area contributed by atoms with E-state index in [4.69, 9.17) is 4.52 Å². The van der Waals surface area contributed by atoms with Gasteiger partial charge in [-0.1, -0.05) is 32.9 Å². The molecule has 0 spiro atoms. The fourth-order valence-electron chi connectivity index (χ4n) is 1.66. The molecule has 90 valence electrons. The molecule has 0 radical (unpaired) electrons. The van der Waals surface area contributed by atoms with Crippen molar-refractivity contribution in [2.45, 2.75) is 52.6 Å². The number of hydrogen-bond acceptors (Lipinski definition) is 4. The van der Waals surface area contributed by atoms with Crippen molar-refractivity contribution in [3.8, 4) is 0 Å². The lowest BCUT2D eigenvalue weighted by Crippen LogP contribution is -2.28. The summed E-state index contributed by atoms with van der Waals surface area (Å²) < 4.78 is 5.16. The summed E-state index contributed by atoms with van der Waals surface area (Å²) in [6.07, 6.45) is 1.15. The lowest BCUT2D eigenvalue weighted by Gasteiger charge is -2.24. The van der Waals surface area contributed by atoms with Crippen molar-refractivity contribution in [2.75, 3.05) is 0 Å². The van der Waals surface area contributed by atoms with Crippen LogP contribution < -0.4 is 0 Å². The van der Waals surface area contributed by atoms with Crippen LogP contribution in [0.25, 0.3) is 0 Å². The Morgan fingerprint density at radius 2 is 2.12 bits per heavy atom. The molecule has 1 N–H and O–H groups in total. The average molecular weight is 224 g/mol. The maximum atomic E-state index is 9.93. The first-order valence-electron chi connectivity index (χ1n) is 5.88. The zero-order valence-electron chi connectivity index (χ0n) is 10.4. The van der Waals surface area contributed by atoms with Crippen LogP contribution in [0.1, 0.15) is 51.7 Å². The zero-order valence-corrected chi connectivity index (χ0v) is 10.4. The number of hydrogen-bond donors (Lipinski definition) is 1. The molecule has 1 aliphatic rings. The van der Waals surface area contributed by atoms with E-state index < -0.39 is 6.10 Å². The molecular weight excluding hydrogens is 204 g/mol. The standard InChI is InChI=1S/C12H20N2O2/c1-7-5-8(7)11-13-10(16-14-11)6-9(15)12(2,3)4/h7-9,15H,5-6H2,1-4H3. The van der Waals surface area contributed by atoms with E-state index in [0.717, 1.165) is 12.2 Å². The second kappa shape index (κ2) is 3.84. The molecule has 0 amide bonds. The van der Waals surface area contributed by atoms with E-state index >= 15 is 0 Å². The van der Waals surface area contributed by atoms with Crippen LogP contribution in [-0.2, 0) is 6.42 Å². The van der Waals surface area contributed by atoms with Gasteiger partial charge in [0.1, 0.15) is 0 Å². The van der Waals surface area contributed by atoms with E-state index in [9.17, 15) is 5.11 Å². The number of aliphatic hydroxyl groups is 1. The van der Waals surface area contributed by atoms with Gasteiger partial charge in [-0.25, -0.2) is 0 Å². The van der Waals surface area contributed by atoms with Crippen molar-refractivity contribution in [2.24, 2.45) is 11.3 Å². The van der Waals surface area contributed by atoms with Gasteiger partial charge in [-0.2, -0.15) is 4.98 Å². The lowest BCUT2D eigenvalue weighted by molar-refractivity contribution is 0.0565. The van der Waals surface area contributed by atoms with Crippen molar-refractivity contribution in [3.63, 3.8) is 0 Å². The molecule has 4 heteroatoms. The van der Waals surface area contributed by atoms with Crippen molar-refractivity contribution in [1.29, 1.82) is 0 Å². The first-order valence-corrected chi connectivity index (χ1v) is 5.88. The Bertz CT molecular complexity index is 367. The molecule has 0 aliphatic heterocycles. The Kier molecular flexibility index (Phi) is 2.78. The second-order valence-electron chi connectivity index (χ2n) is 5.95. The number of aromatic nitrogens is 2. The van der Waals surface area contributed by atoms with E-state index in [0.29, 0.717) is 24.1 Å². The fourth-order valence-corrected chi connectivity index (χ4v) is 1.66. The number of rotatable bonds is 3. The van der Waals surface area contributed by atoms with Crippen LogP contribution in [0.2, 0.25) is 0 Å². The highest BCUT2D eigenvalue weighted by atomic mass is 16.5. The molecule has 3 atom stereocenters. The van der Waals surface area contributed by atoms with Crippen LogP contribution >= 0.6 is 0 Å². The Balaban J connectivity index is 1.98. The van der Waals surface area contributed by atoms with E-state index in [-0.39, 0.29) is 5.41 Å². The highest BCUT2D eigenvalue weighted by molar-refractivity contribution is 5.07. The van der Waals surface area contributed by atoms with Gasteiger partial charge in [-0.15, -0.1) is 0 Å². The summed E-state index contributed by atoms with van der Waals surface area (Å²) in [4.78, 5) is 4.34. The third-order valence-electron chi connectivity index (χ3n) is 3.29. The van der Waals surface area contributed by atoms with Crippen molar-refractivity contribution < 1.29 is 9.63 Å². The predicted octanol–water partition coefficient (Wildman–Crippen LogP) is 2.14. The molecule has 16 heavy (non-hydrogen) atoms. The third-order valence-corrected chi connectivity index (χ3v) is 3.29. The van der Waals surface area contributed by atoms with Gasteiger partial charge in [0.2, 0.25) is 5.89 Å².